The molecule has 0 bridgehead atoms. The third-order valence-corrected chi connectivity index (χ3v) is 3.20. The quantitative estimate of drug-likeness (QED) is 0.907. The minimum atomic E-state index is -0.254. The summed E-state index contributed by atoms with van der Waals surface area (Å²) in [6.45, 7) is 4.75. The lowest BCUT2D eigenvalue weighted by molar-refractivity contribution is 0.281. The first kappa shape index (κ1) is 14.5. The summed E-state index contributed by atoms with van der Waals surface area (Å²) in [4.78, 5) is 6.59. The first-order valence-electron chi connectivity index (χ1n) is 6.81. The van der Waals surface area contributed by atoms with E-state index in [1.807, 2.05) is 30.9 Å². The molecule has 0 atom stereocenters. The highest BCUT2D eigenvalue weighted by atomic mass is 19.1. The van der Waals surface area contributed by atoms with Crippen LogP contribution in [0.5, 0.6) is 0 Å². The van der Waals surface area contributed by atoms with Gasteiger partial charge in [0, 0.05) is 17.9 Å². The maximum absolute atomic E-state index is 13.0. The van der Waals surface area contributed by atoms with Crippen molar-refractivity contribution in [2.45, 2.75) is 26.9 Å². The van der Waals surface area contributed by atoms with Crippen LogP contribution in [0.3, 0.4) is 0 Å². The van der Waals surface area contributed by atoms with Crippen molar-refractivity contribution < 1.29 is 9.50 Å². The molecule has 0 fully saturated rings. The van der Waals surface area contributed by atoms with E-state index in [9.17, 15) is 9.50 Å². The van der Waals surface area contributed by atoms with Crippen molar-refractivity contribution in [3.8, 4) is 0 Å². The Bertz CT molecular complexity index is 547. The SMILES string of the molecule is CCc1cc(CO)cc(N(CC)c2ccc(F)cc2)n1. The first-order valence-corrected chi connectivity index (χ1v) is 6.81. The molecule has 0 saturated heterocycles. The second-order valence-electron chi connectivity index (χ2n) is 4.56. The van der Waals surface area contributed by atoms with E-state index in [-0.39, 0.29) is 12.4 Å². The predicted octanol–water partition coefficient (Wildman–Crippen LogP) is 3.43. The molecule has 0 unspecified atom stereocenters. The number of benzene rings is 1. The molecule has 0 saturated carbocycles. The molecule has 0 aliphatic heterocycles. The fraction of sp³-hybridized carbons (Fsp3) is 0.312. The van der Waals surface area contributed by atoms with E-state index in [1.54, 1.807) is 12.1 Å². The van der Waals surface area contributed by atoms with Gasteiger partial charge in [0.25, 0.3) is 0 Å². The maximum Gasteiger partial charge on any atom is 0.133 e. The van der Waals surface area contributed by atoms with Gasteiger partial charge in [-0.05, 0) is 55.3 Å². The molecule has 4 heteroatoms. The number of aliphatic hydroxyl groups excluding tert-OH is 1. The number of hydrogen-bond acceptors (Lipinski definition) is 3. The molecule has 1 aromatic carbocycles. The molecule has 2 aromatic rings. The summed E-state index contributed by atoms with van der Waals surface area (Å²) in [6.07, 6.45) is 0.807. The maximum atomic E-state index is 13.0. The van der Waals surface area contributed by atoms with Gasteiger partial charge in [-0.15, -0.1) is 0 Å². The molecule has 0 aliphatic carbocycles. The number of nitrogens with zero attached hydrogens (tertiary/aromatic N) is 2. The monoisotopic (exact) mass is 274 g/mol. The van der Waals surface area contributed by atoms with Crippen LogP contribution in [-0.4, -0.2) is 16.6 Å². The Labute approximate surface area is 118 Å². The Hall–Kier alpha value is -1.94. The van der Waals surface area contributed by atoms with Crippen molar-refractivity contribution in [3.63, 3.8) is 0 Å². The van der Waals surface area contributed by atoms with Crippen LogP contribution < -0.4 is 4.90 Å². The third kappa shape index (κ3) is 3.14. The van der Waals surface area contributed by atoms with Crippen LogP contribution in [0.1, 0.15) is 25.1 Å². The topological polar surface area (TPSA) is 36.4 Å². The lowest BCUT2D eigenvalue weighted by Crippen LogP contribution is -2.18. The lowest BCUT2D eigenvalue weighted by Gasteiger charge is -2.23. The summed E-state index contributed by atoms with van der Waals surface area (Å²) in [5, 5.41) is 9.35. The van der Waals surface area contributed by atoms with Gasteiger partial charge in [0.05, 0.1) is 6.61 Å². The molecule has 1 aromatic heterocycles. The fourth-order valence-electron chi connectivity index (χ4n) is 2.14. The van der Waals surface area contributed by atoms with Crippen molar-refractivity contribution in [3.05, 3.63) is 53.5 Å². The summed E-state index contributed by atoms with van der Waals surface area (Å²) in [5.41, 5.74) is 2.66. The molecular weight excluding hydrogens is 255 g/mol. The van der Waals surface area contributed by atoms with E-state index < -0.39 is 0 Å². The number of pyridine rings is 1. The van der Waals surface area contributed by atoms with Gasteiger partial charge >= 0.3 is 0 Å². The number of aryl methyl sites for hydroxylation is 1. The minimum absolute atomic E-state index is 0.0104. The Morgan fingerprint density at radius 1 is 1.15 bits per heavy atom. The number of aliphatic hydroxyl groups is 1. The minimum Gasteiger partial charge on any atom is -0.392 e. The molecule has 0 aliphatic rings. The van der Waals surface area contributed by atoms with Crippen molar-refractivity contribution in [2.75, 3.05) is 11.4 Å². The summed E-state index contributed by atoms with van der Waals surface area (Å²) < 4.78 is 13.0. The molecular formula is C16H19FN2O. The van der Waals surface area contributed by atoms with Crippen LogP contribution in [0.15, 0.2) is 36.4 Å². The van der Waals surface area contributed by atoms with Gasteiger partial charge in [0.15, 0.2) is 0 Å². The summed E-state index contributed by atoms with van der Waals surface area (Å²) >= 11 is 0. The van der Waals surface area contributed by atoms with Crippen LogP contribution in [-0.2, 0) is 13.0 Å². The van der Waals surface area contributed by atoms with E-state index in [0.29, 0.717) is 0 Å². The number of halogens is 1. The largest absolute Gasteiger partial charge is 0.392 e. The summed E-state index contributed by atoms with van der Waals surface area (Å²) in [7, 11) is 0. The average molecular weight is 274 g/mol. The summed E-state index contributed by atoms with van der Waals surface area (Å²) in [6, 6.07) is 10.1. The standard InChI is InChI=1S/C16H19FN2O/c1-3-14-9-12(11-20)10-16(18-14)19(4-2)15-7-5-13(17)6-8-15/h5-10,20H,3-4,11H2,1-2H3. The van der Waals surface area contributed by atoms with Crippen molar-refractivity contribution in [1.82, 2.24) is 4.98 Å². The van der Waals surface area contributed by atoms with E-state index in [1.165, 1.54) is 12.1 Å². The van der Waals surface area contributed by atoms with Gasteiger partial charge in [-0.1, -0.05) is 6.92 Å². The second-order valence-corrected chi connectivity index (χ2v) is 4.56. The van der Waals surface area contributed by atoms with Gasteiger partial charge in [-0.2, -0.15) is 0 Å². The highest BCUT2D eigenvalue weighted by Gasteiger charge is 2.11. The average Bonchev–Trinajstić information content (AvgIpc) is 2.49. The van der Waals surface area contributed by atoms with Gasteiger partial charge in [-0.25, -0.2) is 9.37 Å². The van der Waals surface area contributed by atoms with Gasteiger partial charge in [0.2, 0.25) is 0 Å². The molecule has 0 amide bonds. The smallest absolute Gasteiger partial charge is 0.133 e. The molecule has 20 heavy (non-hydrogen) atoms. The van der Waals surface area contributed by atoms with E-state index in [2.05, 4.69) is 4.98 Å². The highest BCUT2D eigenvalue weighted by Crippen LogP contribution is 2.25. The van der Waals surface area contributed by atoms with Crippen LogP contribution >= 0.6 is 0 Å². The third-order valence-electron chi connectivity index (χ3n) is 3.20. The lowest BCUT2D eigenvalue weighted by atomic mass is 10.2. The van der Waals surface area contributed by atoms with Gasteiger partial charge in [0.1, 0.15) is 11.6 Å². The van der Waals surface area contributed by atoms with Crippen molar-refractivity contribution >= 4 is 11.5 Å². The van der Waals surface area contributed by atoms with Gasteiger partial charge in [-0.3, -0.25) is 0 Å². The second kappa shape index (κ2) is 6.48. The zero-order valence-electron chi connectivity index (χ0n) is 11.8. The summed E-state index contributed by atoms with van der Waals surface area (Å²) in [5.74, 6) is 0.527. The predicted molar refractivity (Wildman–Crippen MR) is 78.6 cm³/mol. The molecule has 3 nitrogen and oxygen atoms in total. The van der Waals surface area contributed by atoms with E-state index in [4.69, 9.17) is 0 Å². The number of hydrogen-bond donors (Lipinski definition) is 1. The highest BCUT2D eigenvalue weighted by molar-refractivity contribution is 5.60. The molecule has 106 valence electrons. The number of rotatable bonds is 5. The molecule has 1 N–H and O–H groups in total. The normalized spacial score (nSPS) is 10.6. The zero-order chi connectivity index (χ0) is 14.5. The Morgan fingerprint density at radius 2 is 1.85 bits per heavy atom. The van der Waals surface area contributed by atoms with Gasteiger partial charge < -0.3 is 10.0 Å². The van der Waals surface area contributed by atoms with Crippen molar-refractivity contribution in [2.24, 2.45) is 0 Å². The van der Waals surface area contributed by atoms with Crippen LogP contribution in [0.4, 0.5) is 15.9 Å². The number of aromatic nitrogens is 1. The van der Waals surface area contributed by atoms with E-state index in [0.717, 1.165) is 35.7 Å². The first-order chi connectivity index (χ1) is 9.67. The Kier molecular flexibility index (Phi) is 4.69. The fourth-order valence-corrected chi connectivity index (χ4v) is 2.14. The zero-order valence-corrected chi connectivity index (χ0v) is 11.8. The van der Waals surface area contributed by atoms with Crippen molar-refractivity contribution in [1.29, 1.82) is 0 Å². The Balaban J connectivity index is 2.42. The molecule has 0 radical (unpaired) electrons. The van der Waals surface area contributed by atoms with Crippen LogP contribution in [0.2, 0.25) is 0 Å². The van der Waals surface area contributed by atoms with E-state index >= 15 is 0 Å². The number of anilines is 2. The van der Waals surface area contributed by atoms with Crippen LogP contribution in [0.25, 0.3) is 0 Å². The molecule has 1 heterocycles. The van der Waals surface area contributed by atoms with Crippen LogP contribution in [0, 0.1) is 5.82 Å². The molecule has 2 rings (SSSR count). The molecule has 0 spiro atoms. The Morgan fingerprint density at radius 3 is 2.40 bits per heavy atom.